The average Bonchev–Trinajstić information content (AvgIpc) is 3.04. The molecule has 1 aliphatic rings. The highest BCUT2D eigenvalue weighted by Crippen LogP contribution is 2.35. The Morgan fingerprint density at radius 1 is 1.45 bits per heavy atom. The Morgan fingerprint density at radius 3 is 2.90 bits per heavy atom. The number of allylic oxidation sites excluding steroid dienone is 1. The van der Waals surface area contributed by atoms with Crippen LogP contribution < -0.4 is 5.32 Å². The first-order valence-electron chi connectivity index (χ1n) is 6.13. The summed E-state index contributed by atoms with van der Waals surface area (Å²) in [5.41, 5.74) is 1.14. The van der Waals surface area contributed by atoms with Crippen molar-refractivity contribution in [3.05, 3.63) is 41.3 Å². The van der Waals surface area contributed by atoms with Crippen LogP contribution in [-0.2, 0) is 9.53 Å². The fraction of sp³-hybridized carbons (Fsp3) is 0.308. The number of rotatable bonds is 2. The lowest BCUT2D eigenvalue weighted by Gasteiger charge is -2.26. The van der Waals surface area contributed by atoms with Gasteiger partial charge in [0.15, 0.2) is 0 Å². The minimum atomic E-state index is -0.477. The number of esters is 1. The third kappa shape index (κ3) is 1.78. The minimum Gasteiger partial charge on any atom is -0.466 e. The second kappa shape index (κ2) is 4.52. The first-order valence-corrected chi connectivity index (χ1v) is 6.13. The molecular weight excluding hydrogens is 260 g/mol. The normalized spacial score (nSPS) is 17.6. The van der Waals surface area contributed by atoms with E-state index in [0.29, 0.717) is 23.0 Å². The lowest BCUT2D eigenvalue weighted by molar-refractivity contribution is -0.136. The summed E-state index contributed by atoms with van der Waals surface area (Å²) in [5, 5.41) is 7.20. The number of hydrogen-bond donors (Lipinski definition) is 1. The monoisotopic (exact) mass is 274 g/mol. The van der Waals surface area contributed by atoms with Crippen molar-refractivity contribution in [3.63, 3.8) is 0 Å². The quantitative estimate of drug-likeness (QED) is 0.838. The SMILES string of the molecule is COC(=O)C1=C(C)Nc2ncnn2[C@@H]1c1ccc(C)o1. The molecule has 0 amide bonds. The first-order chi connectivity index (χ1) is 9.61. The number of hydrogen-bond acceptors (Lipinski definition) is 6. The number of anilines is 1. The summed E-state index contributed by atoms with van der Waals surface area (Å²) in [6, 6.07) is 3.19. The Bertz CT molecular complexity index is 698. The molecule has 1 aliphatic heterocycles. The summed E-state index contributed by atoms with van der Waals surface area (Å²) in [5.74, 6) is 1.53. The van der Waals surface area contributed by atoms with Crippen LogP contribution >= 0.6 is 0 Å². The Balaban J connectivity index is 2.18. The minimum absolute atomic E-state index is 0.421. The molecule has 0 radical (unpaired) electrons. The van der Waals surface area contributed by atoms with Crippen LogP contribution in [-0.4, -0.2) is 27.8 Å². The van der Waals surface area contributed by atoms with E-state index in [0.717, 1.165) is 5.76 Å². The summed E-state index contributed by atoms with van der Waals surface area (Å²) in [4.78, 5) is 16.2. The molecule has 2 aromatic heterocycles. The second-order valence-electron chi connectivity index (χ2n) is 4.53. The molecule has 0 saturated heterocycles. The molecule has 0 spiro atoms. The molecule has 0 bridgehead atoms. The van der Waals surface area contributed by atoms with Gasteiger partial charge in [-0.15, -0.1) is 0 Å². The molecular formula is C13H14N4O3. The van der Waals surface area contributed by atoms with Crippen LogP contribution in [0.25, 0.3) is 0 Å². The van der Waals surface area contributed by atoms with Crippen LogP contribution in [0.4, 0.5) is 5.95 Å². The van der Waals surface area contributed by atoms with Gasteiger partial charge in [0.05, 0.1) is 12.7 Å². The number of methoxy groups -OCH3 is 1. The van der Waals surface area contributed by atoms with Gasteiger partial charge in [0.1, 0.15) is 23.9 Å². The number of nitrogens with one attached hydrogen (secondary N) is 1. The molecule has 20 heavy (non-hydrogen) atoms. The summed E-state index contributed by atoms with van der Waals surface area (Å²) in [6.45, 7) is 3.65. The molecule has 0 saturated carbocycles. The summed E-state index contributed by atoms with van der Waals surface area (Å²) in [7, 11) is 1.35. The molecule has 0 aromatic carbocycles. The number of aromatic nitrogens is 3. The molecule has 7 heteroatoms. The predicted molar refractivity (Wildman–Crippen MR) is 69.9 cm³/mol. The maximum atomic E-state index is 12.1. The van der Waals surface area contributed by atoms with E-state index in [-0.39, 0.29) is 0 Å². The lowest BCUT2D eigenvalue weighted by Crippen LogP contribution is -2.29. The molecule has 104 valence electrons. The van der Waals surface area contributed by atoms with Crippen LogP contribution in [0.3, 0.4) is 0 Å². The summed E-state index contributed by atoms with van der Waals surface area (Å²) < 4.78 is 12.1. The number of aryl methyl sites for hydroxylation is 1. The fourth-order valence-electron chi connectivity index (χ4n) is 2.33. The van der Waals surface area contributed by atoms with Crippen LogP contribution in [0.5, 0.6) is 0 Å². The zero-order chi connectivity index (χ0) is 14.3. The van der Waals surface area contributed by atoms with E-state index in [2.05, 4.69) is 15.4 Å². The van der Waals surface area contributed by atoms with Gasteiger partial charge in [-0.3, -0.25) is 0 Å². The third-order valence-corrected chi connectivity index (χ3v) is 3.23. The van der Waals surface area contributed by atoms with Crippen molar-refractivity contribution in [3.8, 4) is 0 Å². The van der Waals surface area contributed by atoms with Crippen LogP contribution in [0.15, 0.2) is 34.1 Å². The number of carbonyl (C=O) groups excluding carboxylic acids is 1. The maximum absolute atomic E-state index is 12.1. The zero-order valence-corrected chi connectivity index (χ0v) is 11.4. The topological polar surface area (TPSA) is 82.2 Å². The number of fused-ring (bicyclic) bond motifs is 1. The number of ether oxygens (including phenoxy) is 1. The average molecular weight is 274 g/mol. The van der Waals surface area contributed by atoms with Gasteiger partial charge in [0.25, 0.3) is 0 Å². The Hall–Kier alpha value is -2.57. The highest BCUT2D eigenvalue weighted by atomic mass is 16.5. The predicted octanol–water partition coefficient (Wildman–Crippen LogP) is 1.64. The van der Waals surface area contributed by atoms with Gasteiger partial charge in [0.2, 0.25) is 5.95 Å². The van der Waals surface area contributed by atoms with Crippen molar-refractivity contribution < 1.29 is 13.9 Å². The molecule has 0 aliphatic carbocycles. The van der Waals surface area contributed by atoms with Crippen molar-refractivity contribution in [1.29, 1.82) is 0 Å². The van der Waals surface area contributed by atoms with Crippen molar-refractivity contribution in [2.75, 3.05) is 12.4 Å². The van der Waals surface area contributed by atoms with Crippen LogP contribution in [0, 0.1) is 6.92 Å². The number of nitrogens with zero attached hydrogens (tertiary/aromatic N) is 3. The maximum Gasteiger partial charge on any atom is 0.338 e. The van der Waals surface area contributed by atoms with Crippen molar-refractivity contribution in [1.82, 2.24) is 14.8 Å². The van der Waals surface area contributed by atoms with E-state index in [1.165, 1.54) is 13.4 Å². The zero-order valence-electron chi connectivity index (χ0n) is 11.4. The third-order valence-electron chi connectivity index (χ3n) is 3.23. The van der Waals surface area contributed by atoms with Gasteiger partial charge >= 0.3 is 5.97 Å². The Morgan fingerprint density at radius 2 is 2.25 bits per heavy atom. The molecule has 3 heterocycles. The highest BCUT2D eigenvalue weighted by molar-refractivity contribution is 5.92. The Kier molecular flexibility index (Phi) is 2.81. The van der Waals surface area contributed by atoms with E-state index in [9.17, 15) is 4.79 Å². The molecule has 0 unspecified atom stereocenters. The van der Waals surface area contributed by atoms with Crippen LogP contribution in [0.1, 0.15) is 24.5 Å². The number of carbonyl (C=O) groups is 1. The summed E-state index contributed by atoms with van der Waals surface area (Å²) in [6.07, 6.45) is 1.43. The van der Waals surface area contributed by atoms with E-state index in [1.807, 2.05) is 19.1 Å². The van der Waals surface area contributed by atoms with Gasteiger partial charge in [-0.05, 0) is 26.0 Å². The first kappa shape index (κ1) is 12.5. The standard InChI is InChI=1S/C13H14N4O3/c1-7-4-5-9(20-7)11-10(12(18)19-3)8(2)16-13-14-6-15-17(11)13/h4-6,11H,1-3H3,(H,14,15,16)/t11-/m1/s1. The van der Waals surface area contributed by atoms with Gasteiger partial charge in [-0.1, -0.05) is 0 Å². The van der Waals surface area contributed by atoms with Gasteiger partial charge in [-0.2, -0.15) is 10.1 Å². The highest BCUT2D eigenvalue weighted by Gasteiger charge is 2.35. The fourth-order valence-corrected chi connectivity index (χ4v) is 2.33. The van der Waals surface area contributed by atoms with Gasteiger partial charge in [-0.25, -0.2) is 9.48 Å². The van der Waals surface area contributed by atoms with Gasteiger partial charge in [0, 0.05) is 5.70 Å². The van der Waals surface area contributed by atoms with Crippen molar-refractivity contribution in [2.24, 2.45) is 0 Å². The van der Waals surface area contributed by atoms with E-state index >= 15 is 0 Å². The molecule has 0 fully saturated rings. The number of furan rings is 1. The van der Waals surface area contributed by atoms with Crippen molar-refractivity contribution >= 4 is 11.9 Å². The van der Waals surface area contributed by atoms with E-state index in [4.69, 9.17) is 9.15 Å². The van der Waals surface area contributed by atoms with Gasteiger partial charge < -0.3 is 14.5 Å². The smallest absolute Gasteiger partial charge is 0.338 e. The molecule has 2 aromatic rings. The molecule has 3 rings (SSSR count). The second-order valence-corrected chi connectivity index (χ2v) is 4.53. The van der Waals surface area contributed by atoms with E-state index < -0.39 is 12.0 Å². The molecule has 1 atom stereocenters. The Labute approximate surface area is 115 Å². The lowest BCUT2D eigenvalue weighted by atomic mass is 10.0. The van der Waals surface area contributed by atoms with E-state index in [1.54, 1.807) is 11.6 Å². The largest absolute Gasteiger partial charge is 0.466 e. The summed E-state index contributed by atoms with van der Waals surface area (Å²) >= 11 is 0. The van der Waals surface area contributed by atoms with Crippen LogP contribution in [0.2, 0.25) is 0 Å². The molecule has 1 N–H and O–H groups in total. The van der Waals surface area contributed by atoms with Crippen molar-refractivity contribution in [2.45, 2.75) is 19.9 Å². The molecule has 7 nitrogen and oxygen atoms in total.